The molecule has 0 aliphatic carbocycles. The summed E-state index contributed by atoms with van der Waals surface area (Å²) in [6.07, 6.45) is 0. The topological polar surface area (TPSA) is 58.9 Å². The molecule has 0 unspecified atom stereocenters. The van der Waals surface area contributed by atoms with E-state index in [1.165, 1.54) is 6.07 Å². The van der Waals surface area contributed by atoms with Crippen LogP contribution in [0.15, 0.2) is 16.9 Å². The molecule has 0 aliphatic rings. The Labute approximate surface area is 69.0 Å². The van der Waals surface area contributed by atoms with Crippen LogP contribution in [-0.2, 0) is 0 Å². The highest BCUT2D eigenvalue weighted by Crippen LogP contribution is 1.99. The quantitative estimate of drug-likeness (QED) is 0.659. The van der Waals surface area contributed by atoms with Gasteiger partial charge in [-0.1, -0.05) is 6.07 Å². The Balaban J connectivity index is 0.000000810. The summed E-state index contributed by atoms with van der Waals surface area (Å²) in [5.41, 5.74) is 6.11. The summed E-state index contributed by atoms with van der Waals surface area (Å²) in [7, 11) is 0. The maximum atomic E-state index is 10.5. The molecule has 0 saturated heterocycles. The van der Waals surface area contributed by atoms with Gasteiger partial charge in [-0.15, -0.1) is 17.0 Å². The summed E-state index contributed by atoms with van der Waals surface area (Å²) in [5.74, 6) is 0.447. The first-order valence-electron chi connectivity index (χ1n) is 2.65. The highest BCUT2D eigenvalue weighted by molar-refractivity contribution is 8.93. The fourth-order valence-electron chi connectivity index (χ4n) is 0.563. The van der Waals surface area contributed by atoms with E-state index in [0.717, 1.165) is 5.56 Å². The average molecular weight is 205 g/mol. The molecule has 0 radical (unpaired) electrons. The standard InChI is InChI=1S/C6H8N2O.BrH/c1-4-2-3-5(9)8-6(4)7;/h2-3H,1H3,(H3,7,8,9);1H. The second kappa shape index (κ2) is 3.41. The number of H-pyrrole nitrogens is 1. The van der Waals surface area contributed by atoms with Crippen molar-refractivity contribution in [3.63, 3.8) is 0 Å². The lowest BCUT2D eigenvalue weighted by Gasteiger charge is -1.94. The molecular weight excluding hydrogens is 196 g/mol. The maximum absolute atomic E-state index is 10.5. The molecule has 3 N–H and O–H groups in total. The zero-order chi connectivity index (χ0) is 6.85. The van der Waals surface area contributed by atoms with Crippen molar-refractivity contribution in [2.75, 3.05) is 5.73 Å². The molecule has 1 rings (SSSR count). The highest BCUT2D eigenvalue weighted by atomic mass is 79.9. The van der Waals surface area contributed by atoms with Crippen molar-refractivity contribution in [1.29, 1.82) is 0 Å². The van der Waals surface area contributed by atoms with Crippen LogP contribution < -0.4 is 11.3 Å². The molecule has 56 valence electrons. The largest absolute Gasteiger partial charge is 0.385 e. The Bertz CT molecular complexity index is 269. The minimum Gasteiger partial charge on any atom is -0.385 e. The Morgan fingerprint density at radius 1 is 1.50 bits per heavy atom. The van der Waals surface area contributed by atoms with E-state index < -0.39 is 0 Å². The molecule has 0 bridgehead atoms. The number of hydrogen-bond donors (Lipinski definition) is 2. The molecule has 0 atom stereocenters. The first-order valence-corrected chi connectivity index (χ1v) is 2.65. The fraction of sp³-hybridized carbons (Fsp3) is 0.167. The van der Waals surface area contributed by atoms with E-state index in [4.69, 9.17) is 5.73 Å². The number of nitrogens with two attached hydrogens (primary N) is 1. The van der Waals surface area contributed by atoms with Gasteiger partial charge in [0.15, 0.2) is 0 Å². The van der Waals surface area contributed by atoms with Gasteiger partial charge in [-0.25, -0.2) is 0 Å². The summed E-state index contributed by atoms with van der Waals surface area (Å²) < 4.78 is 0. The Kier molecular flexibility index (Phi) is 3.15. The van der Waals surface area contributed by atoms with Crippen LogP contribution in [0.5, 0.6) is 0 Å². The minimum absolute atomic E-state index is 0. The van der Waals surface area contributed by atoms with E-state index in [-0.39, 0.29) is 22.5 Å². The first-order chi connectivity index (χ1) is 4.20. The molecule has 0 fully saturated rings. The molecule has 1 aromatic rings. The van der Waals surface area contributed by atoms with Gasteiger partial charge in [0, 0.05) is 6.07 Å². The van der Waals surface area contributed by atoms with Gasteiger partial charge in [0.25, 0.3) is 0 Å². The molecule has 1 heterocycles. The van der Waals surface area contributed by atoms with E-state index in [2.05, 4.69) is 4.98 Å². The molecule has 0 saturated carbocycles. The number of aryl methyl sites for hydroxylation is 1. The molecule has 0 aliphatic heterocycles. The van der Waals surface area contributed by atoms with Gasteiger partial charge >= 0.3 is 0 Å². The van der Waals surface area contributed by atoms with Crippen LogP contribution in [-0.4, -0.2) is 4.98 Å². The van der Waals surface area contributed by atoms with Crippen molar-refractivity contribution < 1.29 is 0 Å². The Morgan fingerprint density at radius 3 is 2.50 bits per heavy atom. The third kappa shape index (κ3) is 1.88. The summed E-state index contributed by atoms with van der Waals surface area (Å²) in [6.45, 7) is 1.84. The van der Waals surface area contributed by atoms with Crippen molar-refractivity contribution in [2.24, 2.45) is 0 Å². The number of rotatable bonds is 0. The van der Waals surface area contributed by atoms with Crippen molar-refractivity contribution in [3.05, 3.63) is 28.0 Å². The molecular formula is C6H9BrN2O. The Hall–Kier alpha value is -0.770. The van der Waals surface area contributed by atoms with Crippen molar-refractivity contribution in [3.8, 4) is 0 Å². The summed E-state index contributed by atoms with van der Waals surface area (Å²) >= 11 is 0. The van der Waals surface area contributed by atoms with Gasteiger partial charge in [-0.2, -0.15) is 0 Å². The smallest absolute Gasteiger partial charge is 0.249 e. The summed E-state index contributed by atoms with van der Waals surface area (Å²) in [5, 5.41) is 0. The summed E-state index contributed by atoms with van der Waals surface area (Å²) in [6, 6.07) is 3.14. The van der Waals surface area contributed by atoms with Crippen LogP contribution in [0.3, 0.4) is 0 Å². The van der Waals surface area contributed by atoms with E-state index in [9.17, 15) is 4.79 Å². The number of nitrogen functional groups attached to an aromatic ring is 1. The van der Waals surface area contributed by atoms with Gasteiger partial charge in [-0.3, -0.25) is 4.79 Å². The number of hydrogen-bond acceptors (Lipinski definition) is 2. The van der Waals surface area contributed by atoms with Crippen LogP contribution in [0.1, 0.15) is 5.56 Å². The average Bonchev–Trinajstić information content (AvgIpc) is 1.80. The van der Waals surface area contributed by atoms with Crippen LogP contribution in [0.4, 0.5) is 5.82 Å². The number of halogens is 1. The third-order valence-corrected chi connectivity index (χ3v) is 1.17. The number of aromatic amines is 1. The van der Waals surface area contributed by atoms with E-state index in [0.29, 0.717) is 5.82 Å². The van der Waals surface area contributed by atoms with Gasteiger partial charge in [-0.05, 0) is 12.5 Å². The van der Waals surface area contributed by atoms with Crippen LogP contribution >= 0.6 is 17.0 Å². The lowest BCUT2D eigenvalue weighted by atomic mass is 10.3. The lowest BCUT2D eigenvalue weighted by molar-refractivity contribution is 1.21. The van der Waals surface area contributed by atoms with E-state index in [1.54, 1.807) is 6.07 Å². The monoisotopic (exact) mass is 204 g/mol. The molecule has 10 heavy (non-hydrogen) atoms. The van der Waals surface area contributed by atoms with Crippen molar-refractivity contribution >= 4 is 22.8 Å². The summed E-state index contributed by atoms with van der Waals surface area (Å²) in [4.78, 5) is 13.0. The fourth-order valence-corrected chi connectivity index (χ4v) is 0.563. The van der Waals surface area contributed by atoms with Crippen molar-refractivity contribution in [1.82, 2.24) is 4.98 Å². The number of anilines is 1. The predicted molar refractivity (Wildman–Crippen MR) is 46.5 cm³/mol. The highest BCUT2D eigenvalue weighted by Gasteiger charge is 1.89. The molecule has 4 heteroatoms. The number of nitrogens with one attached hydrogen (secondary N) is 1. The molecule has 1 aromatic heterocycles. The zero-order valence-corrected chi connectivity index (χ0v) is 7.26. The van der Waals surface area contributed by atoms with Gasteiger partial charge in [0.2, 0.25) is 5.56 Å². The minimum atomic E-state index is -0.155. The SMILES string of the molecule is Br.Cc1ccc(=O)[nH]c1N. The van der Waals surface area contributed by atoms with Gasteiger partial charge in [0.1, 0.15) is 5.82 Å². The zero-order valence-electron chi connectivity index (χ0n) is 5.55. The third-order valence-electron chi connectivity index (χ3n) is 1.17. The number of pyridine rings is 1. The first kappa shape index (κ1) is 9.23. The number of aromatic nitrogens is 1. The van der Waals surface area contributed by atoms with Crippen LogP contribution in [0.25, 0.3) is 0 Å². The normalized spacial score (nSPS) is 8.50. The predicted octanol–water partition coefficient (Wildman–Crippen LogP) is 0.843. The van der Waals surface area contributed by atoms with E-state index in [1.807, 2.05) is 6.92 Å². The lowest BCUT2D eigenvalue weighted by Crippen LogP contribution is -2.07. The van der Waals surface area contributed by atoms with Crippen molar-refractivity contribution in [2.45, 2.75) is 6.92 Å². The second-order valence-electron chi connectivity index (χ2n) is 1.92. The van der Waals surface area contributed by atoms with E-state index >= 15 is 0 Å². The van der Waals surface area contributed by atoms with Gasteiger partial charge in [0.05, 0.1) is 0 Å². The molecule has 3 nitrogen and oxygen atoms in total. The Morgan fingerprint density at radius 2 is 2.10 bits per heavy atom. The molecule has 0 spiro atoms. The molecule has 0 aromatic carbocycles. The van der Waals surface area contributed by atoms with Crippen LogP contribution in [0, 0.1) is 6.92 Å². The molecule has 0 amide bonds. The maximum Gasteiger partial charge on any atom is 0.249 e. The van der Waals surface area contributed by atoms with Crippen LogP contribution in [0.2, 0.25) is 0 Å². The van der Waals surface area contributed by atoms with Gasteiger partial charge < -0.3 is 10.7 Å². The second-order valence-corrected chi connectivity index (χ2v) is 1.92.